The minimum atomic E-state index is 0.501. The van der Waals surface area contributed by atoms with Gasteiger partial charge in [-0.05, 0) is 57.1 Å². The molecule has 0 aliphatic carbocycles. The van der Waals surface area contributed by atoms with E-state index in [1.165, 1.54) is 50.5 Å². The molecule has 112 valence electrons. The summed E-state index contributed by atoms with van der Waals surface area (Å²) >= 11 is 0. The lowest BCUT2D eigenvalue weighted by molar-refractivity contribution is 0.0934. The van der Waals surface area contributed by atoms with Gasteiger partial charge in [0.15, 0.2) is 0 Å². The first-order valence-corrected chi connectivity index (χ1v) is 8.27. The van der Waals surface area contributed by atoms with Crippen molar-refractivity contribution in [1.82, 2.24) is 5.32 Å². The molecule has 2 atom stereocenters. The van der Waals surface area contributed by atoms with E-state index >= 15 is 0 Å². The number of nitrogens with one attached hydrogen (secondary N) is 1. The van der Waals surface area contributed by atoms with Crippen LogP contribution in [0.3, 0.4) is 0 Å². The molecule has 1 aliphatic heterocycles. The molecule has 2 heteroatoms. The highest BCUT2D eigenvalue weighted by Crippen LogP contribution is 2.19. The Morgan fingerprint density at radius 1 is 1.30 bits per heavy atom. The Labute approximate surface area is 123 Å². The van der Waals surface area contributed by atoms with E-state index < -0.39 is 0 Å². The lowest BCUT2D eigenvalue weighted by Gasteiger charge is -2.21. The summed E-state index contributed by atoms with van der Waals surface area (Å²) in [7, 11) is 0. The summed E-state index contributed by atoms with van der Waals surface area (Å²) in [6.07, 6.45) is 9.11. The third-order valence-electron chi connectivity index (χ3n) is 4.12. The van der Waals surface area contributed by atoms with Gasteiger partial charge < -0.3 is 10.1 Å². The molecule has 0 amide bonds. The number of aryl methyl sites for hydroxylation is 1. The maximum absolute atomic E-state index is 5.79. The highest BCUT2D eigenvalue weighted by atomic mass is 16.5. The van der Waals surface area contributed by atoms with Gasteiger partial charge in [-0.25, -0.2) is 0 Å². The van der Waals surface area contributed by atoms with Crippen LogP contribution in [-0.4, -0.2) is 25.3 Å². The van der Waals surface area contributed by atoms with Crippen molar-refractivity contribution in [1.29, 1.82) is 0 Å². The Hall–Kier alpha value is -0.860. The molecule has 2 unspecified atom stereocenters. The molecule has 0 aromatic heterocycles. The predicted molar refractivity (Wildman–Crippen MR) is 85.1 cm³/mol. The Kier molecular flexibility index (Phi) is 7.10. The van der Waals surface area contributed by atoms with Crippen molar-refractivity contribution in [2.45, 2.75) is 64.0 Å². The van der Waals surface area contributed by atoms with Crippen LogP contribution in [0.15, 0.2) is 30.3 Å². The first-order chi connectivity index (χ1) is 9.88. The molecular weight excluding hydrogens is 246 g/mol. The SMILES string of the molecule is CCCNC(CCCc1ccccc1)CC1CCCO1. The zero-order chi connectivity index (χ0) is 14.0. The molecule has 0 bridgehead atoms. The Balaban J connectivity index is 1.71. The summed E-state index contributed by atoms with van der Waals surface area (Å²) in [5.41, 5.74) is 1.46. The van der Waals surface area contributed by atoms with Crippen LogP contribution in [-0.2, 0) is 11.2 Å². The van der Waals surface area contributed by atoms with Crippen molar-refractivity contribution in [2.75, 3.05) is 13.2 Å². The predicted octanol–water partition coefficient (Wildman–Crippen LogP) is 3.95. The molecular formula is C18H29NO. The lowest BCUT2D eigenvalue weighted by atomic mass is 9.99. The van der Waals surface area contributed by atoms with Gasteiger partial charge in [-0.15, -0.1) is 0 Å². The molecule has 1 aromatic rings. The molecule has 2 nitrogen and oxygen atoms in total. The molecule has 0 spiro atoms. The molecule has 1 aliphatic rings. The van der Waals surface area contributed by atoms with Gasteiger partial charge in [0, 0.05) is 12.6 Å². The molecule has 1 N–H and O–H groups in total. The molecule has 1 fully saturated rings. The van der Waals surface area contributed by atoms with Gasteiger partial charge in [0.05, 0.1) is 6.10 Å². The van der Waals surface area contributed by atoms with E-state index in [0.717, 1.165) is 13.2 Å². The van der Waals surface area contributed by atoms with Crippen molar-refractivity contribution in [3.05, 3.63) is 35.9 Å². The monoisotopic (exact) mass is 275 g/mol. The topological polar surface area (TPSA) is 21.3 Å². The largest absolute Gasteiger partial charge is 0.378 e. The summed E-state index contributed by atoms with van der Waals surface area (Å²) in [4.78, 5) is 0. The normalized spacial score (nSPS) is 20.1. The van der Waals surface area contributed by atoms with E-state index in [4.69, 9.17) is 4.74 Å². The maximum atomic E-state index is 5.79. The van der Waals surface area contributed by atoms with Crippen molar-refractivity contribution < 1.29 is 4.74 Å². The van der Waals surface area contributed by atoms with Crippen LogP contribution in [0, 0.1) is 0 Å². The highest BCUT2D eigenvalue weighted by Gasteiger charge is 2.20. The summed E-state index contributed by atoms with van der Waals surface area (Å²) in [5.74, 6) is 0. The van der Waals surface area contributed by atoms with E-state index in [1.807, 2.05) is 0 Å². The summed E-state index contributed by atoms with van der Waals surface area (Å²) in [5, 5.41) is 3.70. The number of ether oxygens (including phenoxy) is 1. The quantitative estimate of drug-likeness (QED) is 0.737. The summed E-state index contributed by atoms with van der Waals surface area (Å²) in [6, 6.07) is 11.4. The van der Waals surface area contributed by atoms with Gasteiger partial charge in [-0.2, -0.15) is 0 Å². The molecule has 0 saturated carbocycles. The van der Waals surface area contributed by atoms with Crippen molar-refractivity contribution in [3.63, 3.8) is 0 Å². The van der Waals surface area contributed by atoms with Crippen molar-refractivity contribution in [2.24, 2.45) is 0 Å². The lowest BCUT2D eigenvalue weighted by Crippen LogP contribution is -2.33. The van der Waals surface area contributed by atoms with E-state index in [1.54, 1.807) is 0 Å². The molecule has 1 heterocycles. The maximum Gasteiger partial charge on any atom is 0.0590 e. The molecule has 2 rings (SSSR count). The minimum absolute atomic E-state index is 0.501. The summed E-state index contributed by atoms with van der Waals surface area (Å²) < 4.78 is 5.79. The average Bonchev–Trinajstić information content (AvgIpc) is 2.98. The standard InChI is InChI=1S/C18H29NO/c1-2-13-19-17(15-18-12-7-14-20-18)11-6-10-16-8-4-3-5-9-16/h3-5,8-9,17-19H,2,6-7,10-15H2,1H3. The van der Waals surface area contributed by atoms with E-state index in [-0.39, 0.29) is 0 Å². The van der Waals surface area contributed by atoms with Gasteiger partial charge in [0.1, 0.15) is 0 Å². The zero-order valence-electron chi connectivity index (χ0n) is 12.8. The van der Waals surface area contributed by atoms with Gasteiger partial charge in [-0.3, -0.25) is 0 Å². The smallest absolute Gasteiger partial charge is 0.0590 e. The second-order valence-corrected chi connectivity index (χ2v) is 5.90. The van der Waals surface area contributed by atoms with Crippen LogP contribution < -0.4 is 5.32 Å². The van der Waals surface area contributed by atoms with Gasteiger partial charge in [0.25, 0.3) is 0 Å². The fourth-order valence-corrected chi connectivity index (χ4v) is 3.00. The van der Waals surface area contributed by atoms with Crippen LogP contribution in [0.5, 0.6) is 0 Å². The van der Waals surface area contributed by atoms with Crippen molar-refractivity contribution >= 4 is 0 Å². The second kappa shape index (κ2) is 9.15. The second-order valence-electron chi connectivity index (χ2n) is 5.90. The van der Waals surface area contributed by atoms with Gasteiger partial charge in [-0.1, -0.05) is 37.3 Å². The third kappa shape index (κ3) is 5.64. The molecule has 0 radical (unpaired) electrons. The molecule has 1 saturated heterocycles. The number of benzene rings is 1. The molecule has 1 aromatic carbocycles. The highest BCUT2D eigenvalue weighted by molar-refractivity contribution is 5.14. The fraction of sp³-hybridized carbons (Fsp3) is 0.667. The van der Waals surface area contributed by atoms with Crippen LogP contribution in [0.25, 0.3) is 0 Å². The van der Waals surface area contributed by atoms with Crippen LogP contribution in [0.2, 0.25) is 0 Å². The van der Waals surface area contributed by atoms with Gasteiger partial charge >= 0.3 is 0 Å². The third-order valence-corrected chi connectivity index (χ3v) is 4.12. The Bertz CT molecular complexity index is 346. The Morgan fingerprint density at radius 3 is 2.85 bits per heavy atom. The first-order valence-electron chi connectivity index (χ1n) is 8.27. The van der Waals surface area contributed by atoms with Crippen LogP contribution in [0.1, 0.15) is 51.0 Å². The van der Waals surface area contributed by atoms with Crippen LogP contribution in [0.4, 0.5) is 0 Å². The van der Waals surface area contributed by atoms with Crippen LogP contribution >= 0.6 is 0 Å². The van der Waals surface area contributed by atoms with E-state index in [0.29, 0.717) is 12.1 Å². The zero-order valence-corrected chi connectivity index (χ0v) is 12.8. The van der Waals surface area contributed by atoms with Gasteiger partial charge in [0.2, 0.25) is 0 Å². The number of rotatable bonds is 9. The fourth-order valence-electron chi connectivity index (χ4n) is 3.00. The minimum Gasteiger partial charge on any atom is -0.378 e. The molecule has 20 heavy (non-hydrogen) atoms. The average molecular weight is 275 g/mol. The Morgan fingerprint density at radius 2 is 2.15 bits per heavy atom. The first kappa shape index (κ1) is 15.5. The summed E-state index contributed by atoms with van der Waals surface area (Å²) in [6.45, 7) is 4.33. The number of hydrogen-bond acceptors (Lipinski definition) is 2. The van der Waals surface area contributed by atoms with E-state index in [2.05, 4.69) is 42.6 Å². The number of hydrogen-bond donors (Lipinski definition) is 1. The van der Waals surface area contributed by atoms with Crippen molar-refractivity contribution in [3.8, 4) is 0 Å². The van der Waals surface area contributed by atoms with E-state index in [9.17, 15) is 0 Å².